The summed E-state index contributed by atoms with van der Waals surface area (Å²) in [6.07, 6.45) is 1.51. The third-order valence-electron chi connectivity index (χ3n) is 4.14. The molecule has 0 spiro atoms. The molecule has 4 aromatic rings. The number of esters is 1. The van der Waals surface area contributed by atoms with Crippen LogP contribution in [0, 0.1) is 0 Å². The Bertz CT molecular complexity index is 1070. The van der Waals surface area contributed by atoms with Gasteiger partial charge < -0.3 is 9.72 Å². The van der Waals surface area contributed by atoms with E-state index in [0.717, 1.165) is 32.9 Å². The average molecular weight is 330 g/mol. The quantitative estimate of drug-likeness (QED) is 0.541. The molecule has 4 rings (SSSR count). The number of H-pyrrole nitrogens is 1. The highest BCUT2D eigenvalue weighted by molar-refractivity contribution is 6.17. The first-order valence-electron chi connectivity index (χ1n) is 8.31. The van der Waals surface area contributed by atoms with Crippen molar-refractivity contribution in [1.82, 2.24) is 9.97 Å². The lowest BCUT2D eigenvalue weighted by Gasteiger charge is -2.12. The minimum atomic E-state index is -0.402. The zero-order valence-electron chi connectivity index (χ0n) is 14.1. The van der Waals surface area contributed by atoms with Gasteiger partial charge in [0.05, 0.1) is 17.8 Å². The van der Waals surface area contributed by atoms with Crippen LogP contribution in [0.15, 0.2) is 60.8 Å². The molecule has 2 aromatic heterocycles. The van der Waals surface area contributed by atoms with Crippen molar-refractivity contribution >= 4 is 27.8 Å². The van der Waals surface area contributed by atoms with Gasteiger partial charge in [-0.2, -0.15) is 0 Å². The number of aromatic nitrogens is 2. The molecule has 0 unspecified atom stereocenters. The van der Waals surface area contributed by atoms with Crippen molar-refractivity contribution in [2.24, 2.45) is 0 Å². The van der Waals surface area contributed by atoms with E-state index < -0.39 is 5.97 Å². The monoisotopic (exact) mass is 330 g/mol. The third kappa shape index (κ3) is 2.66. The number of carbonyl (C=O) groups excluding carboxylic acids is 1. The van der Waals surface area contributed by atoms with Gasteiger partial charge in [0.25, 0.3) is 0 Å². The smallest absolute Gasteiger partial charge is 0.357 e. The van der Waals surface area contributed by atoms with E-state index in [9.17, 15) is 4.79 Å². The normalized spacial score (nSPS) is 11.3. The van der Waals surface area contributed by atoms with Gasteiger partial charge in [-0.1, -0.05) is 48.5 Å². The molecule has 0 amide bonds. The first kappa shape index (κ1) is 15.4. The highest BCUT2D eigenvalue weighted by Crippen LogP contribution is 2.36. The van der Waals surface area contributed by atoms with Gasteiger partial charge in [-0.05, 0) is 25.5 Å². The number of para-hydroxylation sites is 1. The van der Waals surface area contributed by atoms with Gasteiger partial charge in [0.15, 0.2) is 5.69 Å². The van der Waals surface area contributed by atoms with Gasteiger partial charge in [-0.3, -0.25) is 0 Å². The maximum absolute atomic E-state index is 12.7. The number of pyridine rings is 1. The molecule has 2 heterocycles. The first-order chi connectivity index (χ1) is 12.1. The predicted octanol–water partition coefficient (Wildman–Crippen LogP) is 4.95. The van der Waals surface area contributed by atoms with E-state index in [2.05, 4.69) is 16.0 Å². The minimum Gasteiger partial charge on any atom is -0.458 e. The fourth-order valence-corrected chi connectivity index (χ4v) is 3.15. The SMILES string of the molecule is CC(C)OC(=O)c1ncc2[nH]c3ccccc3c2c1-c1ccccc1. The van der Waals surface area contributed by atoms with Crippen LogP contribution in [-0.4, -0.2) is 22.0 Å². The lowest BCUT2D eigenvalue weighted by Crippen LogP contribution is -2.14. The maximum atomic E-state index is 12.7. The number of nitrogens with zero attached hydrogens (tertiary/aromatic N) is 1. The Morgan fingerprint density at radius 1 is 1.00 bits per heavy atom. The topological polar surface area (TPSA) is 55.0 Å². The summed E-state index contributed by atoms with van der Waals surface area (Å²) in [4.78, 5) is 20.5. The molecule has 0 aliphatic heterocycles. The lowest BCUT2D eigenvalue weighted by atomic mass is 9.98. The maximum Gasteiger partial charge on any atom is 0.357 e. The largest absolute Gasteiger partial charge is 0.458 e. The van der Waals surface area contributed by atoms with Gasteiger partial charge in [-0.15, -0.1) is 0 Å². The van der Waals surface area contributed by atoms with Crippen LogP contribution in [0.25, 0.3) is 32.9 Å². The molecule has 124 valence electrons. The Balaban J connectivity index is 2.08. The molecule has 0 radical (unpaired) electrons. The van der Waals surface area contributed by atoms with Crippen molar-refractivity contribution in [3.8, 4) is 11.1 Å². The molecule has 0 bridgehead atoms. The van der Waals surface area contributed by atoms with Crippen LogP contribution in [-0.2, 0) is 4.74 Å². The Morgan fingerprint density at radius 2 is 1.72 bits per heavy atom. The van der Waals surface area contributed by atoms with Crippen LogP contribution in [0.2, 0.25) is 0 Å². The molecule has 4 heteroatoms. The van der Waals surface area contributed by atoms with Crippen LogP contribution in [0.3, 0.4) is 0 Å². The predicted molar refractivity (Wildman–Crippen MR) is 99.6 cm³/mol. The zero-order valence-corrected chi connectivity index (χ0v) is 14.1. The number of aromatic amines is 1. The summed E-state index contributed by atoms with van der Waals surface area (Å²) >= 11 is 0. The van der Waals surface area contributed by atoms with Crippen LogP contribution in [0.1, 0.15) is 24.3 Å². The van der Waals surface area contributed by atoms with Crippen molar-refractivity contribution in [2.45, 2.75) is 20.0 Å². The summed E-state index contributed by atoms with van der Waals surface area (Å²) < 4.78 is 5.42. The standard InChI is InChI=1S/C21H18N2O2/c1-13(2)25-21(24)20-18(14-8-4-3-5-9-14)19-15-10-6-7-11-16(15)23-17(19)12-22-20/h3-13,23H,1-2H3. The van der Waals surface area contributed by atoms with E-state index in [1.807, 2.05) is 62.4 Å². The Kier molecular flexibility index (Phi) is 3.73. The summed E-state index contributed by atoms with van der Waals surface area (Å²) in [5.41, 5.74) is 4.02. The number of hydrogen-bond acceptors (Lipinski definition) is 3. The molecule has 0 aliphatic carbocycles. The minimum absolute atomic E-state index is 0.198. The van der Waals surface area contributed by atoms with Crippen molar-refractivity contribution in [1.29, 1.82) is 0 Å². The number of fused-ring (bicyclic) bond motifs is 3. The van der Waals surface area contributed by atoms with E-state index in [1.165, 1.54) is 0 Å². The fourth-order valence-electron chi connectivity index (χ4n) is 3.15. The molecule has 0 atom stereocenters. The Labute approximate surface area is 145 Å². The zero-order chi connectivity index (χ0) is 17.4. The van der Waals surface area contributed by atoms with Crippen LogP contribution >= 0.6 is 0 Å². The summed E-state index contributed by atoms with van der Waals surface area (Å²) in [7, 11) is 0. The van der Waals surface area contributed by atoms with Crippen LogP contribution in [0.5, 0.6) is 0 Å². The van der Waals surface area contributed by atoms with Crippen molar-refractivity contribution in [2.75, 3.05) is 0 Å². The van der Waals surface area contributed by atoms with Gasteiger partial charge in [-0.25, -0.2) is 9.78 Å². The molecule has 1 N–H and O–H groups in total. The van der Waals surface area contributed by atoms with E-state index in [4.69, 9.17) is 4.74 Å². The number of nitrogens with one attached hydrogen (secondary N) is 1. The summed E-state index contributed by atoms with van der Waals surface area (Å²) in [6, 6.07) is 17.9. The van der Waals surface area contributed by atoms with Crippen molar-refractivity contribution in [3.05, 3.63) is 66.5 Å². The van der Waals surface area contributed by atoms with E-state index in [-0.39, 0.29) is 6.10 Å². The molecule has 25 heavy (non-hydrogen) atoms. The lowest BCUT2D eigenvalue weighted by molar-refractivity contribution is 0.0372. The van der Waals surface area contributed by atoms with E-state index >= 15 is 0 Å². The highest BCUT2D eigenvalue weighted by atomic mass is 16.5. The second kappa shape index (κ2) is 6.06. The number of ether oxygens (including phenoxy) is 1. The molecular formula is C21H18N2O2. The van der Waals surface area contributed by atoms with E-state index in [0.29, 0.717) is 5.69 Å². The van der Waals surface area contributed by atoms with Crippen molar-refractivity contribution < 1.29 is 9.53 Å². The molecule has 0 saturated heterocycles. The number of rotatable bonds is 3. The summed E-state index contributed by atoms with van der Waals surface area (Å²) in [6.45, 7) is 3.68. The molecule has 0 aliphatic rings. The van der Waals surface area contributed by atoms with Crippen LogP contribution < -0.4 is 0 Å². The highest BCUT2D eigenvalue weighted by Gasteiger charge is 2.22. The van der Waals surface area contributed by atoms with Gasteiger partial charge in [0.2, 0.25) is 0 Å². The Morgan fingerprint density at radius 3 is 2.48 bits per heavy atom. The number of hydrogen-bond donors (Lipinski definition) is 1. The van der Waals surface area contributed by atoms with Crippen LogP contribution in [0.4, 0.5) is 0 Å². The van der Waals surface area contributed by atoms with Gasteiger partial charge in [0, 0.05) is 21.9 Å². The molecule has 0 fully saturated rings. The molecular weight excluding hydrogens is 312 g/mol. The molecule has 4 nitrogen and oxygen atoms in total. The Hall–Kier alpha value is -3.14. The summed E-state index contributed by atoms with van der Waals surface area (Å²) in [5, 5.41) is 2.06. The second-order valence-corrected chi connectivity index (χ2v) is 6.26. The first-order valence-corrected chi connectivity index (χ1v) is 8.31. The molecule has 2 aromatic carbocycles. The van der Waals surface area contributed by atoms with Gasteiger partial charge in [0.1, 0.15) is 0 Å². The fraction of sp³-hybridized carbons (Fsp3) is 0.143. The van der Waals surface area contributed by atoms with E-state index in [1.54, 1.807) is 6.20 Å². The number of benzene rings is 2. The second-order valence-electron chi connectivity index (χ2n) is 6.26. The van der Waals surface area contributed by atoms with Gasteiger partial charge >= 0.3 is 5.97 Å². The number of carbonyl (C=O) groups is 1. The average Bonchev–Trinajstić information content (AvgIpc) is 2.99. The third-order valence-corrected chi connectivity index (χ3v) is 4.14. The van der Waals surface area contributed by atoms with Crippen molar-refractivity contribution in [3.63, 3.8) is 0 Å². The summed E-state index contributed by atoms with van der Waals surface area (Å²) in [5.74, 6) is -0.402. The molecule has 0 saturated carbocycles.